The molecule has 4 rings (SSSR count). The highest BCUT2D eigenvalue weighted by Crippen LogP contribution is 2.36. The Hall–Kier alpha value is -2.62. The van der Waals surface area contributed by atoms with Crippen molar-refractivity contribution in [3.05, 3.63) is 59.5 Å². The van der Waals surface area contributed by atoms with E-state index in [1.54, 1.807) is 11.3 Å². The molecule has 1 N–H and O–H groups in total. The molecule has 1 fully saturated rings. The topological polar surface area (TPSA) is 65.8 Å². The lowest BCUT2D eigenvalue weighted by Gasteiger charge is -2.11. The van der Waals surface area contributed by atoms with Crippen LogP contribution in [-0.2, 0) is 4.79 Å². The largest absolute Gasteiger partial charge is 0.353 e. The van der Waals surface area contributed by atoms with Gasteiger partial charge in [-0.3, -0.25) is 4.79 Å². The lowest BCUT2D eigenvalue weighted by atomic mass is 10.0. The zero-order chi connectivity index (χ0) is 18.6. The second-order valence-corrected chi connectivity index (χ2v) is 8.23. The summed E-state index contributed by atoms with van der Waals surface area (Å²) in [4.78, 5) is 17.8. The second kappa shape index (κ2) is 7.95. The number of rotatable bonds is 6. The number of benzene rings is 1. The number of hydrogen-bond donors (Lipinski definition) is 1. The van der Waals surface area contributed by atoms with Crippen molar-refractivity contribution in [1.82, 2.24) is 10.3 Å². The zero-order valence-electron chi connectivity index (χ0n) is 14.5. The van der Waals surface area contributed by atoms with Crippen LogP contribution in [0.15, 0.2) is 58.9 Å². The minimum atomic E-state index is -0.00372. The van der Waals surface area contributed by atoms with Gasteiger partial charge in [0.2, 0.25) is 5.91 Å². The normalized spacial score (nSPS) is 13.1. The molecule has 0 saturated heterocycles. The molecule has 0 atom stereocenters. The van der Waals surface area contributed by atoms with Crippen molar-refractivity contribution in [3.63, 3.8) is 0 Å². The highest BCUT2D eigenvalue weighted by atomic mass is 32.2. The first kappa shape index (κ1) is 17.8. The monoisotopic (exact) mass is 391 g/mol. The molecule has 4 nitrogen and oxygen atoms in total. The molecule has 3 aromatic rings. The maximum atomic E-state index is 12.1. The van der Waals surface area contributed by atoms with Gasteiger partial charge in [-0.1, -0.05) is 48.2 Å². The molecule has 0 radical (unpaired) electrons. The van der Waals surface area contributed by atoms with E-state index in [1.165, 1.54) is 11.8 Å². The Morgan fingerprint density at radius 2 is 2.07 bits per heavy atom. The average Bonchev–Trinajstić information content (AvgIpc) is 3.34. The standard InChI is InChI=1S/C21H17N3OS2/c22-12-17-16(19-7-4-10-26-19)11-18(14-5-2-1-3-6-14)24-21(17)27-13-20(25)23-15-8-9-15/h1-7,10-11,15H,8-9,13H2,(H,23,25). The molecule has 0 bridgehead atoms. The third-order valence-electron chi connectivity index (χ3n) is 4.24. The van der Waals surface area contributed by atoms with Crippen molar-refractivity contribution in [2.24, 2.45) is 0 Å². The van der Waals surface area contributed by atoms with Gasteiger partial charge in [0, 0.05) is 22.0 Å². The van der Waals surface area contributed by atoms with Gasteiger partial charge in [0.25, 0.3) is 0 Å². The summed E-state index contributed by atoms with van der Waals surface area (Å²) in [5.74, 6) is 0.260. The van der Waals surface area contributed by atoms with E-state index in [2.05, 4.69) is 11.4 Å². The third kappa shape index (κ3) is 4.21. The van der Waals surface area contributed by atoms with Crippen molar-refractivity contribution < 1.29 is 4.79 Å². The van der Waals surface area contributed by atoms with E-state index >= 15 is 0 Å². The van der Waals surface area contributed by atoms with Crippen molar-refractivity contribution in [2.45, 2.75) is 23.9 Å². The fourth-order valence-corrected chi connectivity index (χ4v) is 4.31. The molecular formula is C21H17N3OS2. The van der Waals surface area contributed by atoms with Crippen LogP contribution in [0.4, 0.5) is 0 Å². The van der Waals surface area contributed by atoms with E-state index in [-0.39, 0.29) is 11.7 Å². The average molecular weight is 392 g/mol. The Bertz CT molecular complexity index is 990. The summed E-state index contributed by atoms with van der Waals surface area (Å²) in [6.07, 6.45) is 2.12. The van der Waals surface area contributed by atoms with Crippen LogP contribution in [0.2, 0.25) is 0 Å². The molecule has 0 spiro atoms. The minimum Gasteiger partial charge on any atom is -0.353 e. The SMILES string of the molecule is N#Cc1c(-c2cccs2)cc(-c2ccccc2)nc1SCC(=O)NC1CC1. The van der Waals surface area contributed by atoms with Crippen molar-refractivity contribution in [2.75, 3.05) is 5.75 Å². The van der Waals surface area contributed by atoms with Gasteiger partial charge in [-0.05, 0) is 30.4 Å². The van der Waals surface area contributed by atoms with Crippen LogP contribution in [0.25, 0.3) is 21.7 Å². The van der Waals surface area contributed by atoms with Gasteiger partial charge in [0.05, 0.1) is 17.0 Å². The van der Waals surface area contributed by atoms with E-state index in [4.69, 9.17) is 4.98 Å². The predicted octanol–water partition coefficient (Wildman–Crippen LogP) is 4.72. The molecule has 0 aliphatic heterocycles. The van der Waals surface area contributed by atoms with Crippen LogP contribution >= 0.6 is 23.1 Å². The highest BCUT2D eigenvalue weighted by molar-refractivity contribution is 8.00. The summed E-state index contributed by atoms with van der Waals surface area (Å²) in [5.41, 5.74) is 3.19. The summed E-state index contributed by atoms with van der Waals surface area (Å²) in [5, 5.41) is 15.4. The summed E-state index contributed by atoms with van der Waals surface area (Å²) in [6, 6.07) is 18.5. The molecular weight excluding hydrogens is 374 g/mol. The quantitative estimate of drug-likeness (QED) is 0.618. The van der Waals surface area contributed by atoms with Gasteiger partial charge in [-0.2, -0.15) is 5.26 Å². The number of thiophene rings is 1. The molecule has 27 heavy (non-hydrogen) atoms. The van der Waals surface area contributed by atoms with Crippen LogP contribution in [0.1, 0.15) is 18.4 Å². The van der Waals surface area contributed by atoms with E-state index in [0.29, 0.717) is 16.6 Å². The minimum absolute atomic E-state index is 0.00372. The first-order chi connectivity index (χ1) is 13.2. The Morgan fingerprint density at radius 1 is 1.26 bits per heavy atom. The number of nitrogens with zero attached hydrogens (tertiary/aromatic N) is 2. The molecule has 6 heteroatoms. The lowest BCUT2D eigenvalue weighted by Crippen LogP contribution is -2.27. The van der Waals surface area contributed by atoms with Gasteiger partial charge in [0.15, 0.2) is 0 Å². The van der Waals surface area contributed by atoms with Crippen LogP contribution in [0, 0.1) is 11.3 Å². The molecule has 1 aliphatic carbocycles. The van der Waals surface area contributed by atoms with Gasteiger partial charge in [-0.25, -0.2) is 4.98 Å². The third-order valence-corrected chi connectivity index (χ3v) is 6.12. The van der Waals surface area contributed by atoms with Gasteiger partial charge in [0.1, 0.15) is 11.1 Å². The van der Waals surface area contributed by atoms with E-state index in [0.717, 1.165) is 34.5 Å². The highest BCUT2D eigenvalue weighted by Gasteiger charge is 2.24. The number of carbonyl (C=O) groups excluding carboxylic acids is 1. The lowest BCUT2D eigenvalue weighted by molar-refractivity contribution is -0.118. The smallest absolute Gasteiger partial charge is 0.230 e. The Labute approximate surface area is 166 Å². The summed E-state index contributed by atoms with van der Waals surface area (Å²) in [7, 11) is 0. The number of hydrogen-bond acceptors (Lipinski definition) is 5. The van der Waals surface area contributed by atoms with Crippen LogP contribution in [0.3, 0.4) is 0 Å². The fourth-order valence-electron chi connectivity index (χ4n) is 2.75. The molecule has 134 valence electrons. The molecule has 2 aromatic heterocycles. The van der Waals surface area contributed by atoms with Gasteiger partial charge < -0.3 is 5.32 Å². The molecule has 1 saturated carbocycles. The van der Waals surface area contributed by atoms with Crippen molar-refractivity contribution in [1.29, 1.82) is 5.26 Å². The van der Waals surface area contributed by atoms with Crippen molar-refractivity contribution in [3.8, 4) is 27.8 Å². The van der Waals surface area contributed by atoms with Crippen LogP contribution < -0.4 is 5.32 Å². The number of pyridine rings is 1. The predicted molar refractivity (Wildman–Crippen MR) is 110 cm³/mol. The van der Waals surface area contributed by atoms with Crippen LogP contribution in [0.5, 0.6) is 0 Å². The van der Waals surface area contributed by atoms with Gasteiger partial charge in [-0.15, -0.1) is 11.3 Å². The molecule has 1 amide bonds. The van der Waals surface area contributed by atoms with E-state index < -0.39 is 0 Å². The Kier molecular flexibility index (Phi) is 5.23. The number of nitriles is 1. The van der Waals surface area contributed by atoms with Crippen molar-refractivity contribution >= 4 is 29.0 Å². The molecule has 0 unspecified atom stereocenters. The van der Waals surface area contributed by atoms with E-state index in [1.807, 2.05) is 53.9 Å². The second-order valence-electron chi connectivity index (χ2n) is 6.32. The Balaban J connectivity index is 1.72. The number of thioether (sulfide) groups is 1. The molecule has 1 aliphatic rings. The summed E-state index contributed by atoms with van der Waals surface area (Å²) in [6.45, 7) is 0. The Morgan fingerprint density at radius 3 is 2.74 bits per heavy atom. The number of carbonyl (C=O) groups is 1. The number of amides is 1. The fraction of sp³-hybridized carbons (Fsp3) is 0.190. The maximum Gasteiger partial charge on any atom is 0.230 e. The van der Waals surface area contributed by atoms with E-state index in [9.17, 15) is 10.1 Å². The summed E-state index contributed by atoms with van der Waals surface area (Å²) < 4.78 is 0. The van der Waals surface area contributed by atoms with Crippen LogP contribution in [-0.4, -0.2) is 22.7 Å². The first-order valence-electron chi connectivity index (χ1n) is 8.71. The van der Waals surface area contributed by atoms with Gasteiger partial charge >= 0.3 is 0 Å². The number of aromatic nitrogens is 1. The molecule has 2 heterocycles. The first-order valence-corrected chi connectivity index (χ1v) is 10.6. The number of nitrogens with one attached hydrogen (secondary N) is 1. The maximum absolute atomic E-state index is 12.1. The summed E-state index contributed by atoms with van der Waals surface area (Å²) >= 11 is 2.92. The molecule has 1 aromatic carbocycles. The zero-order valence-corrected chi connectivity index (χ0v) is 16.1.